The summed E-state index contributed by atoms with van der Waals surface area (Å²) in [6.45, 7) is 0. The fourth-order valence-electron chi connectivity index (χ4n) is 1.72. The van der Waals surface area contributed by atoms with Crippen LogP contribution in [0.3, 0.4) is 0 Å². The minimum atomic E-state index is -1.02. The van der Waals surface area contributed by atoms with Crippen LogP contribution in [0.5, 0.6) is 5.75 Å². The Kier molecular flexibility index (Phi) is 5.35. The van der Waals surface area contributed by atoms with E-state index in [1.165, 1.54) is 23.1 Å². The second kappa shape index (κ2) is 7.27. The number of rotatable bonds is 3. The van der Waals surface area contributed by atoms with Crippen molar-refractivity contribution in [2.24, 2.45) is 0 Å². The molecule has 2 rings (SSSR count). The van der Waals surface area contributed by atoms with Crippen molar-refractivity contribution in [3.8, 4) is 5.75 Å². The smallest absolute Gasteiger partial charge is 0.345 e. The quantitative estimate of drug-likeness (QED) is 0.671. The van der Waals surface area contributed by atoms with E-state index in [4.69, 9.17) is 16.3 Å². The molecule has 0 fully saturated rings. The highest BCUT2D eigenvalue weighted by molar-refractivity contribution is 6.34. The first kappa shape index (κ1) is 17.7. The normalized spacial score (nSPS) is 10.2. The molecule has 0 saturated heterocycles. The van der Waals surface area contributed by atoms with E-state index in [0.717, 1.165) is 18.2 Å². The number of carbonyl (C=O) groups excluding carboxylic acids is 2. The Morgan fingerprint density at radius 3 is 2.29 bits per heavy atom. The molecule has 0 unspecified atom stereocenters. The number of amides is 2. The largest absolute Gasteiger partial charge is 0.417 e. The number of carbonyl (C=O) groups is 2. The van der Waals surface area contributed by atoms with Crippen LogP contribution in [0, 0.1) is 11.6 Å². The van der Waals surface area contributed by atoms with Gasteiger partial charge in [-0.2, -0.15) is 0 Å². The van der Waals surface area contributed by atoms with Crippen molar-refractivity contribution in [1.82, 2.24) is 4.90 Å². The zero-order valence-corrected chi connectivity index (χ0v) is 13.5. The van der Waals surface area contributed by atoms with Gasteiger partial charge in [0.1, 0.15) is 0 Å². The maximum atomic E-state index is 13.5. The Morgan fingerprint density at radius 1 is 1.12 bits per heavy atom. The number of esters is 1. The van der Waals surface area contributed by atoms with Crippen LogP contribution in [-0.4, -0.2) is 31.0 Å². The predicted octanol–water partition coefficient (Wildman–Crippen LogP) is 3.93. The summed E-state index contributed by atoms with van der Waals surface area (Å²) >= 11 is 5.98. The third-order valence-corrected chi connectivity index (χ3v) is 3.27. The van der Waals surface area contributed by atoms with E-state index >= 15 is 0 Å². The van der Waals surface area contributed by atoms with Gasteiger partial charge in [-0.25, -0.2) is 18.4 Å². The summed E-state index contributed by atoms with van der Waals surface area (Å²) in [5.41, 5.74) is 0.259. The van der Waals surface area contributed by atoms with Crippen LogP contribution < -0.4 is 10.1 Å². The maximum absolute atomic E-state index is 13.5. The highest BCUT2D eigenvalue weighted by Gasteiger charge is 2.18. The van der Waals surface area contributed by atoms with Crippen LogP contribution in [0.15, 0.2) is 36.4 Å². The summed E-state index contributed by atoms with van der Waals surface area (Å²) in [6.07, 6.45) is 0. The Labute approximate surface area is 141 Å². The highest BCUT2D eigenvalue weighted by atomic mass is 35.5. The lowest BCUT2D eigenvalue weighted by atomic mass is 10.2. The lowest BCUT2D eigenvalue weighted by molar-refractivity contribution is 0.0720. The average Bonchev–Trinajstić information content (AvgIpc) is 2.51. The molecule has 0 saturated carbocycles. The van der Waals surface area contributed by atoms with E-state index in [-0.39, 0.29) is 16.6 Å². The summed E-state index contributed by atoms with van der Waals surface area (Å²) < 4.78 is 31.7. The van der Waals surface area contributed by atoms with Gasteiger partial charge in [0.2, 0.25) is 5.75 Å². The summed E-state index contributed by atoms with van der Waals surface area (Å²) in [6, 6.07) is 6.74. The predicted molar refractivity (Wildman–Crippen MR) is 85.5 cm³/mol. The summed E-state index contributed by atoms with van der Waals surface area (Å²) in [4.78, 5) is 24.9. The van der Waals surface area contributed by atoms with Crippen molar-refractivity contribution in [2.75, 3.05) is 19.4 Å². The van der Waals surface area contributed by atoms with Gasteiger partial charge in [0.15, 0.2) is 11.6 Å². The Bertz CT molecular complexity index is 777. The fourth-order valence-corrected chi connectivity index (χ4v) is 1.98. The van der Waals surface area contributed by atoms with Crippen LogP contribution in [-0.2, 0) is 0 Å². The van der Waals surface area contributed by atoms with E-state index in [9.17, 15) is 18.4 Å². The van der Waals surface area contributed by atoms with Crippen molar-refractivity contribution >= 4 is 29.3 Å². The molecule has 0 radical (unpaired) electrons. The van der Waals surface area contributed by atoms with Crippen LogP contribution in [0.2, 0.25) is 5.02 Å². The molecule has 126 valence electrons. The standard InChI is InChI=1S/C16H13ClF2N2O3/c1-21(2)16(23)20-9-6-7-10(11(17)8-9)15(22)24-14-12(18)4-3-5-13(14)19/h3-8H,1-2H3,(H,20,23). The molecule has 1 N–H and O–H groups in total. The summed E-state index contributed by atoms with van der Waals surface area (Å²) in [7, 11) is 3.12. The van der Waals surface area contributed by atoms with Gasteiger partial charge in [-0.15, -0.1) is 0 Å². The first-order valence-corrected chi connectivity index (χ1v) is 7.11. The first-order chi connectivity index (χ1) is 11.3. The maximum Gasteiger partial charge on any atom is 0.345 e. The lowest BCUT2D eigenvalue weighted by Crippen LogP contribution is -2.27. The van der Waals surface area contributed by atoms with Crippen molar-refractivity contribution in [3.05, 3.63) is 58.6 Å². The molecular weight excluding hydrogens is 342 g/mol. The molecule has 0 aliphatic carbocycles. The molecule has 2 aromatic carbocycles. The second-order valence-electron chi connectivity index (χ2n) is 4.96. The first-order valence-electron chi connectivity index (χ1n) is 6.73. The highest BCUT2D eigenvalue weighted by Crippen LogP contribution is 2.25. The second-order valence-corrected chi connectivity index (χ2v) is 5.37. The molecular formula is C16H13ClF2N2O3. The van der Waals surface area contributed by atoms with Crippen LogP contribution in [0.25, 0.3) is 0 Å². The zero-order valence-electron chi connectivity index (χ0n) is 12.8. The van der Waals surface area contributed by atoms with Gasteiger partial charge >= 0.3 is 12.0 Å². The Balaban J connectivity index is 2.20. The van der Waals surface area contributed by atoms with Crippen molar-refractivity contribution in [1.29, 1.82) is 0 Å². The molecule has 5 nitrogen and oxygen atoms in total. The molecule has 2 amide bonds. The molecule has 2 aromatic rings. The van der Waals surface area contributed by atoms with E-state index in [1.807, 2.05) is 0 Å². The number of urea groups is 1. The van der Waals surface area contributed by atoms with E-state index in [0.29, 0.717) is 5.69 Å². The molecule has 0 aromatic heterocycles. The lowest BCUT2D eigenvalue weighted by Gasteiger charge is -2.13. The van der Waals surface area contributed by atoms with Crippen molar-refractivity contribution in [3.63, 3.8) is 0 Å². The van der Waals surface area contributed by atoms with E-state index in [2.05, 4.69) is 5.32 Å². The number of hydrogen-bond donors (Lipinski definition) is 1. The minimum absolute atomic E-state index is 0.0340. The van der Waals surface area contributed by atoms with Gasteiger partial charge in [-0.1, -0.05) is 17.7 Å². The molecule has 24 heavy (non-hydrogen) atoms. The van der Waals surface area contributed by atoms with Gasteiger partial charge in [-0.3, -0.25) is 0 Å². The van der Waals surface area contributed by atoms with Gasteiger partial charge in [0.05, 0.1) is 10.6 Å². The van der Waals surface area contributed by atoms with Gasteiger partial charge in [0.25, 0.3) is 0 Å². The van der Waals surface area contributed by atoms with Crippen LogP contribution >= 0.6 is 11.6 Å². The number of anilines is 1. The van der Waals surface area contributed by atoms with Gasteiger partial charge < -0.3 is 15.0 Å². The van der Waals surface area contributed by atoms with E-state index in [1.54, 1.807) is 14.1 Å². The number of nitrogens with one attached hydrogen (secondary N) is 1. The molecule has 0 heterocycles. The van der Waals surface area contributed by atoms with Crippen molar-refractivity contribution in [2.45, 2.75) is 0 Å². The third kappa shape index (κ3) is 3.99. The molecule has 0 atom stereocenters. The number of hydrogen-bond acceptors (Lipinski definition) is 3. The summed E-state index contributed by atoms with van der Waals surface area (Å²) in [5, 5.41) is 2.51. The van der Waals surface area contributed by atoms with Gasteiger partial charge in [-0.05, 0) is 30.3 Å². The molecule has 0 aliphatic heterocycles. The minimum Gasteiger partial charge on any atom is -0.417 e. The SMILES string of the molecule is CN(C)C(=O)Nc1ccc(C(=O)Oc2c(F)cccc2F)c(Cl)c1. The Morgan fingerprint density at radius 2 is 1.75 bits per heavy atom. The monoisotopic (exact) mass is 354 g/mol. The third-order valence-electron chi connectivity index (χ3n) is 2.96. The molecule has 0 spiro atoms. The fraction of sp³-hybridized carbons (Fsp3) is 0.125. The number of para-hydroxylation sites is 1. The zero-order chi connectivity index (χ0) is 17.9. The Hall–Kier alpha value is -2.67. The van der Waals surface area contributed by atoms with Crippen LogP contribution in [0.1, 0.15) is 10.4 Å². The molecule has 0 bridgehead atoms. The average molecular weight is 355 g/mol. The van der Waals surface area contributed by atoms with Gasteiger partial charge in [0, 0.05) is 19.8 Å². The topological polar surface area (TPSA) is 58.6 Å². The van der Waals surface area contributed by atoms with E-state index < -0.39 is 23.4 Å². The number of halogens is 3. The number of ether oxygens (including phenoxy) is 1. The molecule has 0 aliphatic rings. The molecule has 8 heteroatoms. The van der Waals surface area contributed by atoms with Crippen molar-refractivity contribution < 1.29 is 23.1 Å². The number of benzene rings is 2. The summed E-state index contributed by atoms with van der Waals surface area (Å²) in [5.74, 6) is -3.83. The van der Waals surface area contributed by atoms with Crippen LogP contribution in [0.4, 0.5) is 19.3 Å². The number of nitrogens with zero attached hydrogens (tertiary/aromatic N) is 1.